The van der Waals surface area contributed by atoms with Gasteiger partial charge in [0.1, 0.15) is 4.90 Å². The van der Waals surface area contributed by atoms with E-state index < -0.39 is 30.8 Å². The molecule has 1 aliphatic rings. The highest BCUT2D eigenvalue weighted by Crippen LogP contribution is 2.36. The summed E-state index contributed by atoms with van der Waals surface area (Å²) in [4.78, 5) is 18.7. The Hall–Kier alpha value is -3.09. The van der Waals surface area contributed by atoms with Crippen molar-refractivity contribution in [3.63, 3.8) is 0 Å². The Morgan fingerprint density at radius 1 is 1.16 bits per heavy atom. The number of aromatic nitrogens is 1. The lowest BCUT2D eigenvalue weighted by Crippen LogP contribution is -2.48. The molecule has 2 heterocycles. The Balaban J connectivity index is 1.96. The van der Waals surface area contributed by atoms with Gasteiger partial charge in [-0.05, 0) is 18.6 Å². The van der Waals surface area contributed by atoms with E-state index in [2.05, 4.69) is 15.8 Å². The number of sulfonamides is 1. The standard InChI is InChI=1S/C24H31N5O7S2/c1-4-10-27(15-16-36-37(3,32)33)24-20(5-2)17-22(29(30)31)18-23(24)38(34,35)28-13-11-26(12-14-28)19-21-8-6-7-9-25-21/h2,6-9,17-18H,4,10-16,19H2,1,3H3. The van der Waals surface area contributed by atoms with Crippen LogP contribution in [0.3, 0.4) is 0 Å². The molecule has 0 amide bonds. The molecule has 0 spiro atoms. The first-order valence-electron chi connectivity index (χ1n) is 12.0. The normalized spacial score (nSPS) is 15.2. The molecule has 1 saturated heterocycles. The molecule has 0 saturated carbocycles. The molecule has 1 aromatic heterocycles. The molecule has 1 fully saturated rings. The second kappa shape index (κ2) is 12.6. The zero-order valence-corrected chi connectivity index (χ0v) is 22.9. The summed E-state index contributed by atoms with van der Waals surface area (Å²) in [5, 5.41) is 11.6. The van der Waals surface area contributed by atoms with Crippen LogP contribution in [0, 0.1) is 22.5 Å². The predicted molar refractivity (Wildman–Crippen MR) is 143 cm³/mol. The van der Waals surface area contributed by atoms with Crippen LogP contribution >= 0.6 is 0 Å². The largest absolute Gasteiger partial charge is 0.367 e. The lowest BCUT2D eigenvalue weighted by Gasteiger charge is -2.35. The van der Waals surface area contributed by atoms with Crippen LogP contribution in [0.1, 0.15) is 24.6 Å². The number of rotatable bonds is 12. The lowest BCUT2D eigenvalue weighted by molar-refractivity contribution is -0.385. The van der Waals surface area contributed by atoms with E-state index in [1.807, 2.05) is 25.1 Å². The molecule has 1 aromatic carbocycles. The van der Waals surface area contributed by atoms with E-state index in [9.17, 15) is 26.9 Å². The third kappa shape index (κ3) is 7.49. The number of nitrogens with zero attached hydrogens (tertiary/aromatic N) is 5. The van der Waals surface area contributed by atoms with Crippen LogP contribution in [-0.4, -0.2) is 88.1 Å². The van der Waals surface area contributed by atoms with Crippen LogP contribution in [-0.2, 0) is 30.9 Å². The summed E-state index contributed by atoms with van der Waals surface area (Å²) in [5.41, 5.74) is 0.570. The second-order valence-corrected chi connectivity index (χ2v) is 12.3. The summed E-state index contributed by atoms with van der Waals surface area (Å²) in [7, 11) is -7.93. The van der Waals surface area contributed by atoms with Crippen molar-refractivity contribution in [2.75, 3.05) is 57.0 Å². The van der Waals surface area contributed by atoms with Gasteiger partial charge in [-0.3, -0.25) is 24.2 Å². The molecule has 1 aliphatic heterocycles. The van der Waals surface area contributed by atoms with Gasteiger partial charge < -0.3 is 4.90 Å². The van der Waals surface area contributed by atoms with Crippen molar-refractivity contribution in [3.8, 4) is 12.3 Å². The van der Waals surface area contributed by atoms with E-state index in [-0.39, 0.29) is 42.4 Å². The van der Waals surface area contributed by atoms with Gasteiger partial charge in [-0.2, -0.15) is 12.7 Å². The van der Waals surface area contributed by atoms with E-state index in [4.69, 9.17) is 10.6 Å². The molecule has 3 rings (SSSR count). The number of nitro groups is 1. The minimum absolute atomic E-state index is 0.00771. The molecule has 38 heavy (non-hydrogen) atoms. The first-order chi connectivity index (χ1) is 18.0. The van der Waals surface area contributed by atoms with Crippen molar-refractivity contribution < 1.29 is 25.9 Å². The highest BCUT2D eigenvalue weighted by Gasteiger charge is 2.34. The van der Waals surface area contributed by atoms with Gasteiger partial charge in [-0.15, -0.1) is 6.42 Å². The zero-order chi connectivity index (χ0) is 27.9. The number of nitro benzene ring substituents is 1. The van der Waals surface area contributed by atoms with Gasteiger partial charge in [0, 0.05) is 64.1 Å². The molecular formula is C24H31N5O7S2. The Bertz CT molecular complexity index is 1390. The minimum atomic E-state index is -4.20. The lowest BCUT2D eigenvalue weighted by atomic mass is 10.1. The Morgan fingerprint density at radius 2 is 1.87 bits per heavy atom. The second-order valence-electron chi connectivity index (χ2n) is 8.76. The summed E-state index contributed by atoms with van der Waals surface area (Å²) in [6, 6.07) is 7.78. The third-order valence-electron chi connectivity index (χ3n) is 5.96. The Labute approximate surface area is 223 Å². The maximum absolute atomic E-state index is 13.9. The molecule has 0 unspecified atom stereocenters. The predicted octanol–water partition coefficient (Wildman–Crippen LogP) is 1.67. The Kier molecular flexibility index (Phi) is 9.80. The van der Waals surface area contributed by atoms with E-state index in [0.29, 0.717) is 32.6 Å². The van der Waals surface area contributed by atoms with Crippen LogP contribution in [0.5, 0.6) is 0 Å². The maximum Gasteiger partial charge on any atom is 0.272 e. The smallest absolute Gasteiger partial charge is 0.272 e. The molecule has 0 aliphatic carbocycles. The molecule has 2 aromatic rings. The molecule has 12 nitrogen and oxygen atoms in total. The highest BCUT2D eigenvalue weighted by molar-refractivity contribution is 7.89. The fourth-order valence-corrected chi connectivity index (χ4v) is 6.28. The highest BCUT2D eigenvalue weighted by atomic mass is 32.2. The van der Waals surface area contributed by atoms with Crippen molar-refractivity contribution in [2.24, 2.45) is 0 Å². The van der Waals surface area contributed by atoms with E-state index in [0.717, 1.165) is 24.1 Å². The van der Waals surface area contributed by atoms with E-state index >= 15 is 0 Å². The summed E-state index contributed by atoms with van der Waals surface area (Å²) in [5.74, 6) is 2.38. The average molecular weight is 566 g/mol. The summed E-state index contributed by atoms with van der Waals surface area (Å²) >= 11 is 0. The molecular weight excluding hydrogens is 534 g/mol. The van der Waals surface area contributed by atoms with Gasteiger partial charge in [0.2, 0.25) is 10.0 Å². The number of anilines is 1. The van der Waals surface area contributed by atoms with Crippen molar-refractivity contribution >= 4 is 31.5 Å². The van der Waals surface area contributed by atoms with Crippen molar-refractivity contribution in [1.29, 1.82) is 0 Å². The molecule has 14 heteroatoms. The quantitative estimate of drug-likeness (QED) is 0.161. The average Bonchev–Trinajstić information content (AvgIpc) is 2.87. The number of terminal acetylenes is 1. The van der Waals surface area contributed by atoms with Crippen LogP contribution in [0.15, 0.2) is 41.4 Å². The SMILES string of the molecule is C#Cc1cc([N+](=O)[O-])cc(S(=O)(=O)N2CCN(Cc3ccccn3)CC2)c1N(CCC)CCOS(C)(=O)=O. The molecule has 206 valence electrons. The molecule has 0 radical (unpaired) electrons. The molecule has 0 atom stereocenters. The summed E-state index contributed by atoms with van der Waals surface area (Å²) in [6.07, 6.45) is 8.88. The fraction of sp³-hybridized carbons (Fsp3) is 0.458. The van der Waals surface area contributed by atoms with Gasteiger partial charge in [0.25, 0.3) is 15.8 Å². The molecule has 0 bridgehead atoms. The van der Waals surface area contributed by atoms with Crippen LogP contribution in [0.2, 0.25) is 0 Å². The number of pyridine rings is 1. The van der Waals surface area contributed by atoms with Gasteiger partial charge in [0.05, 0.1) is 34.7 Å². The van der Waals surface area contributed by atoms with E-state index in [1.165, 1.54) is 4.31 Å². The summed E-state index contributed by atoms with van der Waals surface area (Å²) in [6.45, 7) is 3.76. The Morgan fingerprint density at radius 3 is 2.42 bits per heavy atom. The van der Waals surface area contributed by atoms with Crippen molar-refractivity contribution in [1.82, 2.24) is 14.2 Å². The van der Waals surface area contributed by atoms with Crippen LogP contribution in [0.4, 0.5) is 11.4 Å². The number of non-ortho nitro benzene ring substituents is 1. The first-order valence-corrected chi connectivity index (χ1v) is 15.2. The number of piperazine rings is 1. The van der Waals surface area contributed by atoms with Gasteiger partial charge in [0.15, 0.2) is 0 Å². The third-order valence-corrected chi connectivity index (χ3v) is 8.46. The maximum atomic E-state index is 13.9. The van der Waals surface area contributed by atoms with E-state index in [1.54, 1.807) is 11.1 Å². The zero-order valence-electron chi connectivity index (χ0n) is 21.3. The topological polar surface area (TPSA) is 143 Å². The van der Waals surface area contributed by atoms with Crippen LogP contribution < -0.4 is 4.90 Å². The molecule has 0 N–H and O–H groups in total. The fourth-order valence-electron chi connectivity index (χ4n) is 4.22. The van der Waals surface area contributed by atoms with Gasteiger partial charge in [-0.1, -0.05) is 18.9 Å². The summed E-state index contributed by atoms with van der Waals surface area (Å²) < 4.78 is 56.9. The van der Waals surface area contributed by atoms with Crippen LogP contribution in [0.25, 0.3) is 0 Å². The minimum Gasteiger partial charge on any atom is -0.367 e. The van der Waals surface area contributed by atoms with Gasteiger partial charge in [-0.25, -0.2) is 8.42 Å². The van der Waals surface area contributed by atoms with Crippen molar-refractivity contribution in [2.45, 2.75) is 24.8 Å². The number of hydrogen-bond acceptors (Lipinski definition) is 10. The first kappa shape index (κ1) is 29.5. The number of benzene rings is 1. The number of hydrogen-bond donors (Lipinski definition) is 0. The van der Waals surface area contributed by atoms with Crippen molar-refractivity contribution in [3.05, 3.63) is 57.9 Å². The van der Waals surface area contributed by atoms with Gasteiger partial charge >= 0.3 is 0 Å². The monoisotopic (exact) mass is 565 g/mol.